The number of hydrogen-bond donors (Lipinski definition) is 2. The average molecular weight is 392 g/mol. The van der Waals surface area contributed by atoms with E-state index in [1.807, 2.05) is 50.2 Å². The van der Waals surface area contributed by atoms with Crippen molar-refractivity contribution in [2.24, 2.45) is 5.41 Å². The van der Waals surface area contributed by atoms with Crippen LogP contribution in [0.1, 0.15) is 41.0 Å². The summed E-state index contributed by atoms with van der Waals surface area (Å²) in [4.78, 5) is 12.4. The van der Waals surface area contributed by atoms with Gasteiger partial charge in [0.15, 0.2) is 0 Å². The molecule has 0 fully saturated rings. The van der Waals surface area contributed by atoms with Gasteiger partial charge in [0.05, 0.1) is 0 Å². The molecule has 0 atom stereocenters. The summed E-state index contributed by atoms with van der Waals surface area (Å²) < 4.78 is 5.74. The summed E-state index contributed by atoms with van der Waals surface area (Å²) in [5, 5.41) is 15.3. The van der Waals surface area contributed by atoms with Crippen LogP contribution in [0.2, 0.25) is 0 Å². The Morgan fingerprint density at radius 1 is 1.00 bits per heavy atom. The van der Waals surface area contributed by atoms with Gasteiger partial charge in [-0.1, -0.05) is 39.0 Å². The predicted molar refractivity (Wildman–Crippen MR) is 117 cm³/mol. The standard InChI is InChI=1S/C24H29N3O2/c1-23(2,3)17-24(4,5)26-16-18(15-25)22(28)27-19-11-13-21(14-12-19)29-20-9-7-6-8-10-20/h6-14,16,26H,17H2,1-5H3,(H,27,28)/b18-16-. The molecular weight excluding hydrogens is 362 g/mol. The van der Waals surface area contributed by atoms with Gasteiger partial charge in [-0.2, -0.15) is 5.26 Å². The van der Waals surface area contributed by atoms with Gasteiger partial charge in [0.2, 0.25) is 0 Å². The molecule has 0 saturated heterocycles. The van der Waals surface area contributed by atoms with Crippen LogP contribution in [0, 0.1) is 16.7 Å². The van der Waals surface area contributed by atoms with Crippen molar-refractivity contribution in [3.63, 3.8) is 0 Å². The Morgan fingerprint density at radius 2 is 1.59 bits per heavy atom. The van der Waals surface area contributed by atoms with Crippen LogP contribution in [0.15, 0.2) is 66.4 Å². The van der Waals surface area contributed by atoms with Gasteiger partial charge in [0.25, 0.3) is 5.91 Å². The Balaban J connectivity index is 1.99. The smallest absolute Gasteiger partial charge is 0.267 e. The minimum atomic E-state index is -0.455. The van der Waals surface area contributed by atoms with E-state index in [-0.39, 0.29) is 16.5 Å². The number of nitrogens with one attached hydrogen (secondary N) is 2. The molecule has 5 nitrogen and oxygen atoms in total. The molecule has 2 N–H and O–H groups in total. The Labute approximate surface area is 173 Å². The molecule has 2 aromatic carbocycles. The van der Waals surface area contributed by atoms with E-state index in [0.29, 0.717) is 11.4 Å². The molecule has 0 bridgehead atoms. The fourth-order valence-corrected chi connectivity index (χ4v) is 3.22. The molecule has 0 heterocycles. The normalized spacial score (nSPS) is 12.1. The first kappa shape index (κ1) is 22.0. The third-order valence-electron chi connectivity index (χ3n) is 4.04. The van der Waals surface area contributed by atoms with E-state index >= 15 is 0 Å². The largest absolute Gasteiger partial charge is 0.457 e. The highest BCUT2D eigenvalue weighted by Gasteiger charge is 2.24. The molecule has 2 rings (SSSR count). The van der Waals surface area contributed by atoms with Crippen LogP contribution in [-0.2, 0) is 4.79 Å². The third-order valence-corrected chi connectivity index (χ3v) is 4.04. The molecule has 0 spiro atoms. The van der Waals surface area contributed by atoms with Crippen LogP contribution in [0.5, 0.6) is 11.5 Å². The highest BCUT2D eigenvalue weighted by atomic mass is 16.5. The number of ether oxygens (including phenoxy) is 1. The zero-order chi connectivity index (χ0) is 21.5. The molecule has 0 radical (unpaired) electrons. The highest BCUT2D eigenvalue weighted by molar-refractivity contribution is 6.06. The first-order chi connectivity index (χ1) is 13.6. The minimum absolute atomic E-state index is 0.0246. The van der Waals surface area contributed by atoms with Gasteiger partial charge in [-0.05, 0) is 62.1 Å². The second-order valence-corrected chi connectivity index (χ2v) is 8.83. The molecule has 0 aliphatic rings. The number of rotatable bonds is 7. The number of para-hydroxylation sites is 1. The summed E-state index contributed by atoms with van der Waals surface area (Å²) in [7, 11) is 0. The Hall–Kier alpha value is -3.26. The highest BCUT2D eigenvalue weighted by Crippen LogP contribution is 2.27. The van der Waals surface area contributed by atoms with Crippen LogP contribution in [-0.4, -0.2) is 11.4 Å². The van der Waals surface area contributed by atoms with Crippen molar-refractivity contribution in [3.05, 3.63) is 66.4 Å². The van der Waals surface area contributed by atoms with E-state index in [2.05, 4.69) is 31.4 Å². The van der Waals surface area contributed by atoms with Crippen molar-refractivity contribution in [3.8, 4) is 17.6 Å². The molecule has 0 unspecified atom stereocenters. The quantitative estimate of drug-likeness (QED) is 0.474. The number of nitriles is 1. The summed E-state index contributed by atoms with van der Waals surface area (Å²) >= 11 is 0. The molecule has 29 heavy (non-hydrogen) atoms. The molecule has 0 aliphatic heterocycles. The summed E-state index contributed by atoms with van der Waals surface area (Å²) in [6.07, 6.45) is 2.38. The van der Waals surface area contributed by atoms with E-state index in [0.717, 1.165) is 12.2 Å². The van der Waals surface area contributed by atoms with Crippen molar-refractivity contribution in [1.82, 2.24) is 5.32 Å². The number of amides is 1. The van der Waals surface area contributed by atoms with Crippen molar-refractivity contribution in [1.29, 1.82) is 5.26 Å². The first-order valence-electron chi connectivity index (χ1n) is 9.60. The van der Waals surface area contributed by atoms with E-state index in [1.165, 1.54) is 6.20 Å². The van der Waals surface area contributed by atoms with Gasteiger partial charge < -0.3 is 15.4 Å². The number of carbonyl (C=O) groups excluding carboxylic acids is 1. The topological polar surface area (TPSA) is 74.2 Å². The van der Waals surface area contributed by atoms with Crippen LogP contribution in [0.3, 0.4) is 0 Å². The molecule has 152 valence electrons. The fourth-order valence-electron chi connectivity index (χ4n) is 3.22. The predicted octanol–water partition coefficient (Wildman–Crippen LogP) is 5.63. The van der Waals surface area contributed by atoms with Gasteiger partial charge >= 0.3 is 0 Å². The molecule has 1 amide bonds. The first-order valence-corrected chi connectivity index (χ1v) is 9.60. The van der Waals surface area contributed by atoms with Gasteiger partial charge in [0.1, 0.15) is 23.1 Å². The maximum absolute atomic E-state index is 12.4. The lowest BCUT2D eigenvalue weighted by Crippen LogP contribution is -2.39. The second kappa shape index (κ2) is 9.29. The van der Waals surface area contributed by atoms with E-state index in [9.17, 15) is 10.1 Å². The maximum Gasteiger partial charge on any atom is 0.267 e. The SMILES string of the molecule is CC(C)(C)CC(C)(C)N/C=C(/C#N)C(=O)Nc1ccc(Oc2ccccc2)cc1. The Morgan fingerprint density at radius 3 is 2.14 bits per heavy atom. The zero-order valence-electron chi connectivity index (χ0n) is 17.7. The van der Waals surface area contributed by atoms with Crippen molar-refractivity contribution >= 4 is 11.6 Å². The van der Waals surface area contributed by atoms with E-state index in [4.69, 9.17) is 4.74 Å². The molecular formula is C24H29N3O2. The average Bonchev–Trinajstić information content (AvgIpc) is 2.62. The van der Waals surface area contributed by atoms with Crippen LogP contribution >= 0.6 is 0 Å². The lowest BCUT2D eigenvalue weighted by molar-refractivity contribution is -0.112. The number of benzene rings is 2. The lowest BCUT2D eigenvalue weighted by atomic mass is 9.82. The molecule has 5 heteroatoms. The third kappa shape index (κ3) is 7.71. The number of hydrogen-bond acceptors (Lipinski definition) is 4. The molecule has 0 saturated carbocycles. The summed E-state index contributed by atoms with van der Waals surface area (Å²) in [5.41, 5.74) is 0.502. The second-order valence-electron chi connectivity index (χ2n) is 8.83. The van der Waals surface area contributed by atoms with Gasteiger partial charge in [-0.15, -0.1) is 0 Å². The lowest BCUT2D eigenvalue weighted by Gasteiger charge is -2.33. The number of anilines is 1. The van der Waals surface area contributed by atoms with E-state index < -0.39 is 5.91 Å². The fraction of sp³-hybridized carbons (Fsp3) is 0.333. The van der Waals surface area contributed by atoms with Gasteiger partial charge in [0, 0.05) is 17.4 Å². The maximum atomic E-state index is 12.4. The van der Waals surface area contributed by atoms with Gasteiger partial charge in [-0.25, -0.2) is 0 Å². The molecule has 0 aliphatic carbocycles. The van der Waals surface area contributed by atoms with Gasteiger partial charge in [-0.3, -0.25) is 4.79 Å². The number of nitrogens with zero attached hydrogens (tertiary/aromatic N) is 1. The summed E-state index contributed by atoms with van der Waals surface area (Å²) in [6, 6.07) is 18.4. The van der Waals surface area contributed by atoms with Crippen molar-refractivity contribution in [2.45, 2.75) is 46.6 Å². The summed E-state index contributed by atoms with van der Waals surface area (Å²) in [6.45, 7) is 10.6. The number of carbonyl (C=O) groups is 1. The van der Waals surface area contributed by atoms with E-state index in [1.54, 1.807) is 24.3 Å². The summed E-state index contributed by atoms with van der Waals surface area (Å²) in [5.74, 6) is 0.946. The van der Waals surface area contributed by atoms with Crippen molar-refractivity contribution in [2.75, 3.05) is 5.32 Å². The molecule has 0 aromatic heterocycles. The van der Waals surface area contributed by atoms with Crippen LogP contribution in [0.25, 0.3) is 0 Å². The van der Waals surface area contributed by atoms with Crippen LogP contribution < -0.4 is 15.4 Å². The Bertz CT molecular complexity index is 886. The molecule has 2 aromatic rings. The zero-order valence-corrected chi connectivity index (χ0v) is 17.7. The minimum Gasteiger partial charge on any atom is -0.457 e. The van der Waals surface area contributed by atoms with Crippen LogP contribution in [0.4, 0.5) is 5.69 Å². The monoisotopic (exact) mass is 391 g/mol. The Kier molecular flexibility index (Phi) is 7.06. The van der Waals surface area contributed by atoms with Crippen molar-refractivity contribution < 1.29 is 9.53 Å².